The molecule has 0 amide bonds. The quantitative estimate of drug-likeness (QED) is 0.749. The molecule has 0 aliphatic rings. The Morgan fingerprint density at radius 2 is 2.18 bits per heavy atom. The first-order valence-corrected chi connectivity index (χ1v) is 5.21. The summed E-state index contributed by atoms with van der Waals surface area (Å²) in [5.74, 6) is -2.44. The van der Waals surface area contributed by atoms with Crippen molar-refractivity contribution in [2.24, 2.45) is 0 Å². The molecule has 2 rings (SSSR count). The van der Waals surface area contributed by atoms with Crippen molar-refractivity contribution in [1.29, 1.82) is 0 Å². The van der Waals surface area contributed by atoms with Crippen LogP contribution in [0.3, 0.4) is 0 Å². The molecule has 1 aromatic heterocycles. The Kier molecular flexibility index (Phi) is 2.62. The Labute approximate surface area is 103 Å². The number of benzene rings is 1. The van der Waals surface area contributed by atoms with E-state index in [4.69, 9.17) is 10.8 Å². The molecule has 0 saturated heterocycles. The van der Waals surface area contributed by atoms with Crippen molar-refractivity contribution in [2.45, 2.75) is 0 Å². The first kappa shape index (κ1) is 11.6. The van der Waals surface area contributed by atoms with Gasteiger partial charge in [0.05, 0.1) is 21.1 Å². The van der Waals surface area contributed by atoms with Crippen LogP contribution in [-0.4, -0.2) is 21.2 Å². The van der Waals surface area contributed by atoms with Crippen LogP contribution in [0.4, 0.5) is 10.1 Å². The summed E-state index contributed by atoms with van der Waals surface area (Å²) in [5.41, 5.74) is 5.31. The topological polar surface area (TPSA) is 96.4 Å². The molecule has 0 atom stereocenters. The summed E-state index contributed by atoms with van der Waals surface area (Å²) < 4.78 is 13.1. The molecule has 0 spiro atoms. The first-order valence-electron chi connectivity index (χ1n) is 4.42. The third kappa shape index (κ3) is 1.68. The minimum atomic E-state index is -1.27. The molecule has 0 saturated carbocycles. The summed E-state index contributed by atoms with van der Waals surface area (Å²) in [6, 6.07) is 1.06. The van der Waals surface area contributed by atoms with Crippen LogP contribution < -0.4 is 5.73 Å². The summed E-state index contributed by atoms with van der Waals surface area (Å²) in [4.78, 5) is 14.6. The van der Waals surface area contributed by atoms with E-state index in [-0.39, 0.29) is 26.6 Å². The van der Waals surface area contributed by atoms with Crippen LogP contribution in [0.15, 0.2) is 16.7 Å². The molecule has 0 fully saturated rings. The molecule has 5 nitrogen and oxygen atoms in total. The number of aromatic carboxylic acids is 1. The summed E-state index contributed by atoms with van der Waals surface area (Å²) >= 11 is 2.84. The SMILES string of the molecule is Nc1c(C(=O)O)cnc2cc(F)c(Br)c(O)c12. The van der Waals surface area contributed by atoms with Crippen molar-refractivity contribution in [2.75, 3.05) is 5.73 Å². The van der Waals surface area contributed by atoms with Crippen molar-refractivity contribution in [3.8, 4) is 5.75 Å². The van der Waals surface area contributed by atoms with E-state index in [1.165, 1.54) is 0 Å². The molecule has 0 radical (unpaired) electrons. The third-order valence-electron chi connectivity index (χ3n) is 2.30. The fraction of sp³-hybridized carbons (Fsp3) is 0. The van der Waals surface area contributed by atoms with Crippen molar-refractivity contribution < 1.29 is 19.4 Å². The van der Waals surface area contributed by atoms with E-state index in [9.17, 15) is 14.3 Å². The number of carbonyl (C=O) groups is 1. The minimum absolute atomic E-state index is 0.0122. The van der Waals surface area contributed by atoms with Gasteiger partial charge in [-0.2, -0.15) is 0 Å². The second kappa shape index (κ2) is 3.85. The minimum Gasteiger partial charge on any atom is -0.506 e. The summed E-state index contributed by atoms with van der Waals surface area (Å²) in [7, 11) is 0. The van der Waals surface area contributed by atoms with Gasteiger partial charge in [-0.05, 0) is 15.9 Å². The highest BCUT2D eigenvalue weighted by molar-refractivity contribution is 9.10. The standard InChI is InChI=1S/C10H6BrFN2O3/c11-7-4(12)1-5-6(9(7)15)8(13)3(2-14-5)10(16)17/h1-2,15H,(H2,13,14)(H,16,17). The number of hydrogen-bond donors (Lipinski definition) is 3. The van der Waals surface area contributed by atoms with Gasteiger partial charge in [-0.15, -0.1) is 0 Å². The maximum atomic E-state index is 13.3. The summed E-state index contributed by atoms with van der Waals surface area (Å²) in [6.45, 7) is 0. The number of carboxylic acids is 1. The lowest BCUT2D eigenvalue weighted by Crippen LogP contribution is -2.04. The number of nitrogens with zero attached hydrogens (tertiary/aromatic N) is 1. The highest BCUT2D eigenvalue weighted by Gasteiger charge is 2.18. The molecule has 0 unspecified atom stereocenters. The molecule has 7 heteroatoms. The van der Waals surface area contributed by atoms with Gasteiger partial charge in [-0.1, -0.05) is 0 Å². The van der Waals surface area contributed by atoms with E-state index >= 15 is 0 Å². The number of nitrogens with two attached hydrogens (primary N) is 1. The number of nitrogen functional groups attached to an aromatic ring is 1. The number of hydrogen-bond acceptors (Lipinski definition) is 4. The van der Waals surface area contributed by atoms with Gasteiger partial charge in [0.15, 0.2) is 0 Å². The number of pyridine rings is 1. The maximum Gasteiger partial charge on any atom is 0.339 e. The zero-order valence-corrected chi connectivity index (χ0v) is 9.82. The number of aromatic nitrogens is 1. The van der Waals surface area contributed by atoms with Crippen LogP contribution in [0.1, 0.15) is 10.4 Å². The molecule has 2 aromatic rings. The van der Waals surface area contributed by atoms with Gasteiger partial charge >= 0.3 is 5.97 Å². The van der Waals surface area contributed by atoms with E-state index in [2.05, 4.69) is 20.9 Å². The van der Waals surface area contributed by atoms with Gasteiger partial charge in [-0.25, -0.2) is 9.18 Å². The van der Waals surface area contributed by atoms with Crippen LogP contribution in [0.25, 0.3) is 10.9 Å². The van der Waals surface area contributed by atoms with Gasteiger partial charge in [0, 0.05) is 12.3 Å². The maximum absolute atomic E-state index is 13.3. The van der Waals surface area contributed by atoms with Crippen LogP contribution >= 0.6 is 15.9 Å². The Bertz CT molecular complexity index is 645. The highest BCUT2D eigenvalue weighted by atomic mass is 79.9. The van der Waals surface area contributed by atoms with Crippen molar-refractivity contribution in [3.05, 3.63) is 28.1 Å². The number of anilines is 1. The molecule has 88 valence electrons. The number of rotatable bonds is 1. The zero-order valence-electron chi connectivity index (χ0n) is 8.24. The van der Waals surface area contributed by atoms with Gasteiger partial charge in [0.25, 0.3) is 0 Å². The molecular weight excluding hydrogens is 295 g/mol. The molecule has 1 aromatic carbocycles. The monoisotopic (exact) mass is 300 g/mol. The molecular formula is C10H6BrFN2O3. The summed E-state index contributed by atoms with van der Waals surface area (Å²) in [5, 5.41) is 18.6. The number of phenolic OH excluding ortho intramolecular Hbond substituents is 1. The van der Waals surface area contributed by atoms with E-state index in [1.807, 2.05) is 0 Å². The molecule has 0 aliphatic carbocycles. The Balaban J connectivity index is 2.95. The predicted molar refractivity (Wildman–Crippen MR) is 62.4 cm³/mol. The first-order chi connectivity index (χ1) is 7.93. The number of carboxylic acid groups (broad SMARTS) is 1. The second-order valence-electron chi connectivity index (χ2n) is 3.31. The normalized spacial score (nSPS) is 10.7. The van der Waals surface area contributed by atoms with Gasteiger partial charge in [0.1, 0.15) is 17.1 Å². The van der Waals surface area contributed by atoms with E-state index in [0.29, 0.717) is 0 Å². The average molecular weight is 301 g/mol. The fourth-order valence-corrected chi connectivity index (χ4v) is 1.79. The highest BCUT2D eigenvalue weighted by Crippen LogP contribution is 2.38. The van der Waals surface area contributed by atoms with Gasteiger partial charge in [-0.3, -0.25) is 4.98 Å². The fourth-order valence-electron chi connectivity index (χ4n) is 1.48. The van der Waals surface area contributed by atoms with E-state index in [1.54, 1.807) is 0 Å². The molecule has 17 heavy (non-hydrogen) atoms. The van der Waals surface area contributed by atoms with Crippen molar-refractivity contribution >= 4 is 38.5 Å². The van der Waals surface area contributed by atoms with Crippen LogP contribution in [0, 0.1) is 5.82 Å². The van der Waals surface area contributed by atoms with Crippen LogP contribution in [0.5, 0.6) is 5.75 Å². The van der Waals surface area contributed by atoms with Crippen LogP contribution in [-0.2, 0) is 0 Å². The Morgan fingerprint density at radius 3 is 2.76 bits per heavy atom. The molecule has 4 N–H and O–H groups in total. The molecule has 0 aliphatic heterocycles. The second-order valence-corrected chi connectivity index (χ2v) is 4.10. The number of phenols is 1. The van der Waals surface area contributed by atoms with Crippen molar-refractivity contribution in [1.82, 2.24) is 4.98 Å². The lowest BCUT2D eigenvalue weighted by molar-refractivity contribution is 0.0698. The van der Waals surface area contributed by atoms with Crippen LogP contribution in [0.2, 0.25) is 0 Å². The zero-order chi connectivity index (χ0) is 12.7. The lowest BCUT2D eigenvalue weighted by atomic mass is 10.1. The number of halogens is 2. The Hall–Kier alpha value is -1.89. The van der Waals surface area contributed by atoms with Crippen molar-refractivity contribution in [3.63, 3.8) is 0 Å². The third-order valence-corrected chi connectivity index (χ3v) is 3.05. The predicted octanol–water partition coefficient (Wildman–Crippen LogP) is 2.12. The van der Waals surface area contributed by atoms with Gasteiger partial charge < -0.3 is 15.9 Å². The van der Waals surface area contributed by atoms with E-state index in [0.717, 1.165) is 12.3 Å². The Morgan fingerprint density at radius 1 is 1.53 bits per heavy atom. The van der Waals surface area contributed by atoms with Gasteiger partial charge in [0.2, 0.25) is 0 Å². The smallest absolute Gasteiger partial charge is 0.339 e. The molecule has 1 heterocycles. The van der Waals surface area contributed by atoms with E-state index < -0.39 is 17.5 Å². The lowest BCUT2D eigenvalue weighted by Gasteiger charge is -2.08. The number of fused-ring (bicyclic) bond motifs is 1. The average Bonchev–Trinajstić information content (AvgIpc) is 2.25. The summed E-state index contributed by atoms with van der Waals surface area (Å²) in [6.07, 6.45) is 1.02. The molecule has 0 bridgehead atoms. The largest absolute Gasteiger partial charge is 0.506 e. The number of aromatic hydroxyl groups is 1.